The van der Waals surface area contributed by atoms with Crippen LogP contribution in [0.15, 0.2) is 17.5 Å². The standard InChI is InChI=1S/C16H25N3O2S.ClH/c1-12(17)11-15(20)19-8-5-13(6-9-19)16(21)18-7-4-14-3-2-10-22-14;/h2-3,10,12-13H,4-9,11,17H2,1H3,(H,18,21);1H. The van der Waals surface area contributed by atoms with Gasteiger partial charge >= 0.3 is 0 Å². The molecule has 23 heavy (non-hydrogen) atoms. The number of carbonyl (C=O) groups excluding carboxylic acids is 2. The van der Waals surface area contributed by atoms with E-state index in [2.05, 4.69) is 11.4 Å². The monoisotopic (exact) mass is 359 g/mol. The SMILES string of the molecule is CC(N)CC(=O)N1CCC(C(=O)NCCc2cccs2)CC1.Cl. The maximum Gasteiger partial charge on any atom is 0.224 e. The molecule has 7 heteroatoms. The van der Waals surface area contributed by atoms with Crippen molar-refractivity contribution in [3.8, 4) is 0 Å². The van der Waals surface area contributed by atoms with Gasteiger partial charge in [-0.05, 0) is 37.6 Å². The van der Waals surface area contributed by atoms with Gasteiger partial charge in [0.1, 0.15) is 0 Å². The highest BCUT2D eigenvalue weighted by Crippen LogP contribution is 2.18. The van der Waals surface area contributed by atoms with E-state index in [0.29, 0.717) is 26.1 Å². The van der Waals surface area contributed by atoms with E-state index >= 15 is 0 Å². The summed E-state index contributed by atoms with van der Waals surface area (Å²) in [5, 5.41) is 5.06. The van der Waals surface area contributed by atoms with Crippen molar-refractivity contribution in [3.05, 3.63) is 22.4 Å². The Balaban J connectivity index is 0.00000264. The van der Waals surface area contributed by atoms with Crippen molar-refractivity contribution in [2.45, 2.75) is 38.6 Å². The Morgan fingerprint density at radius 3 is 2.70 bits per heavy atom. The largest absolute Gasteiger partial charge is 0.355 e. The number of amides is 2. The molecule has 0 spiro atoms. The number of likely N-dealkylation sites (tertiary alicyclic amines) is 1. The maximum absolute atomic E-state index is 12.1. The van der Waals surface area contributed by atoms with Crippen LogP contribution in [0, 0.1) is 5.92 Å². The second kappa shape index (κ2) is 9.90. The van der Waals surface area contributed by atoms with Crippen molar-refractivity contribution in [2.75, 3.05) is 19.6 Å². The number of nitrogens with two attached hydrogens (primary N) is 1. The first-order valence-electron chi connectivity index (χ1n) is 7.89. The summed E-state index contributed by atoms with van der Waals surface area (Å²) in [5.74, 6) is 0.255. The van der Waals surface area contributed by atoms with Gasteiger partial charge in [0.05, 0.1) is 0 Å². The van der Waals surface area contributed by atoms with Gasteiger partial charge in [0.25, 0.3) is 0 Å². The van der Waals surface area contributed by atoms with E-state index in [0.717, 1.165) is 19.3 Å². The van der Waals surface area contributed by atoms with Crippen molar-refractivity contribution in [3.63, 3.8) is 0 Å². The Labute approximate surface area is 148 Å². The Morgan fingerprint density at radius 1 is 1.43 bits per heavy atom. The highest BCUT2D eigenvalue weighted by molar-refractivity contribution is 7.09. The van der Waals surface area contributed by atoms with E-state index in [9.17, 15) is 9.59 Å². The molecule has 1 atom stereocenters. The van der Waals surface area contributed by atoms with Crippen molar-refractivity contribution in [2.24, 2.45) is 11.7 Å². The molecule has 1 unspecified atom stereocenters. The summed E-state index contributed by atoms with van der Waals surface area (Å²) in [5.41, 5.74) is 5.66. The molecule has 0 aromatic carbocycles. The zero-order chi connectivity index (χ0) is 15.9. The third kappa shape index (κ3) is 6.49. The molecule has 1 fully saturated rings. The van der Waals surface area contributed by atoms with Crippen molar-refractivity contribution in [1.29, 1.82) is 0 Å². The molecule has 2 rings (SSSR count). The number of nitrogens with one attached hydrogen (secondary N) is 1. The zero-order valence-corrected chi connectivity index (χ0v) is 15.1. The maximum atomic E-state index is 12.1. The number of hydrogen-bond acceptors (Lipinski definition) is 4. The zero-order valence-electron chi connectivity index (χ0n) is 13.5. The van der Waals surface area contributed by atoms with Crippen LogP contribution in [0.25, 0.3) is 0 Å². The molecule has 5 nitrogen and oxygen atoms in total. The molecule has 1 aliphatic heterocycles. The van der Waals surface area contributed by atoms with Gasteiger partial charge < -0.3 is 16.0 Å². The molecule has 1 saturated heterocycles. The summed E-state index contributed by atoms with van der Waals surface area (Å²) in [6.07, 6.45) is 2.76. The lowest BCUT2D eigenvalue weighted by Crippen LogP contribution is -2.44. The number of halogens is 1. The fourth-order valence-electron chi connectivity index (χ4n) is 2.70. The van der Waals surface area contributed by atoms with E-state index in [4.69, 9.17) is 5.73 Å². The summed E-state index contributed by atoms with van der Waals surface area (Å²) in [6, 6.07) is 4.00. The van der Waals surface area contributed by atoms with Crippen LogP contribution < -0.4 is 11.1 Å². The van der Waals surface area contributed by atoms with Gasteiger partial charge in [-0.25, -0.2) is 0 Å². The van der Waals surface area contributed by atoms with Crippen LogP contribution >= 0.6 is 23.7 Å². The quantitative estimate of drug-likeness (QED) is 0.813. The minimum absolute atomic E-state index is 0. The topological polar surface area (TPSA) is 75.4 Å². The number of carbonyl (C=O) groups is 2. The number of hydrogen-bond donors (Lipinski definition) is 2. The molecule has 0 bridgehead atoms. The molecule has 3 N–H and O–H groups in total. The van der Waals surface area contributed by atoms with Crippen LogP contribution in [0.3, 0.4) is 0 Å². The first-order chi connectivity index (χ1) is 10.6. The van der Waals surface area contributed by atoms with Crippen LogP contribution in [0.2, 0.25) is 0 Å². The van der Waals surface area contributed by atoms with Crippen LogP contribution in [0.1, 0.15) is 31.1 Å². The molecule has 130 valence electrons. The molecular formula is C16H26ClN3O2S. The smallest absolute Gasteiger partial charge is 0.224 e. The van der Waals surface area contributed by atoms with E-state index < -0.39 is 0 Å². The Morgan fingerprint density at radius 2 is 2.13 bits per heavy atom. The Bertz CT molecular complexity index is 486. The first-order valence-corrected chi connectivity index (χ1v) is 8.77. The molecule has 0 radical (unpaired) electrons. The predicted molar refractivity (Wildman–Crippen MR) is 95.9 cm³/mol. The normalized spacial score (nSPS) is 16.5. The minimum atomic E-state index is -0.106. The molecule has 1 aromatic heterocycles. The summed E-state index contributed by atoms with van der Waals surface area (Å²) < 4.78 is 0. The lowest BCUT2D eigenvalue weighted by molar-refractivity contribution is -0.135. The summed E-state index contributed by atoms with van der Waals surface area (Å²) in [4.78, 5) is 27.2. The number of thiophene rings is 1. The lowest BCUT2D eigenvalue weighted by Gasteiger charge is -2.31. The summed E-state index contributed by atoms with van der Waals surface area (Å²) in [7, 11) is 0. The number of rotatable bonds is 6. The average molecular weight is 360 g/mol. The van der Waals surface area contributed by atoms with Crippen molar-refractivity contribution in [1.82, 2.24) is 10.2 Å². The molecule has 0 aliphatic carbocycles. The molecule has 1 aliphatic rings. The van der Waals surface area contributed by atoms with Crippen LogP contribution in [-0.2, 0) is 16.0 Å². The molecule has 1 aromatic rings. The molecule has 2 amide bonds. The second-order valence-corrected chi connectivity index (χ2v) is 6.99. The van der Waals surface area contributed by atoms with E-state index in [1.165, 1.54) is 4.88 Å². The molecule has 0 saturated carbocycles. The predicted octanol–water partition coefficient (Wildman–Crippen LogP) is 1.80. The fraction of sp³-hybridized carbons (Fsp3) is 0.625. The van der Waals surface area contributed by atoms with Gasteiger partial charge in [-0.15, -0.1) is 23.7 Å². The Kier molecular flexibility index (Phi) is 8.58. The minimum Gasteiger partial charge on any atom is -0.355 e. The first kappa shape index (κ1) is 19.9. The third-order valence-corrected chi connectivity index (χ3v) is 4.90. The second-order valence-electron chi connectivity index (χ2n) is 5.96. The van der Waals surface area contributed by atoms with Gasteiger partial charge in [0.2, 0.25) is 11.8 Å². The fourth-order valence-corrected chi connectivity index (χ4v) is 3.41. The molecular weight excluding hydrogens is 334 g/mol. The van der Waals surface area contributed by atoms with Crippen LogP contribution in [-0.4, -0.2) is 42.4 Å². The summed E-state index contributed by atoms with van der Waals surface area (Å²) >= 11 is 1.71. The van der Waals surface area contributed by atoms with E-state index in [1.807, 2.05) is 23.3 Å². The van der Waals surface area contributed by atoms with Gasteiger partial charge in [0, 0.05) is 42.9 Å². The number of nitrogens with zero attached hydrogens (tertiary/aromatic N) is 1. The van der Waals surface area contributed by atoms with Crippen molar-refractivity contribution < 1.29 is 9.59 Å². The average Bonchev–Trinajstić information content (AvgIpc) is 3.00. The van der Waals surface area contributed by atoms with E-state index in [-0.39, 0.29) is 36.2 Å². The van der Waals surface area contributed by atoms with Gasteiger partial charge in [-0.2, -0.15) is 0 Å². The highest BCUT2D eigenvalue weighted by Gasteiger charge is 2.27. The van der Waals surface area contributed by atoms with E-state index in [1.54, 1.807) is 11.3 Å². The van der Waals surface area contributed by atoms with Gasteiger partial charge in [-0.1, -0.05) is 6.07 Å². The van der Waals surface area contributed by atoms with Crippen LogP contribution in [0.4, 0.5) is 0 Å². The lowest BCUT2D eigenvalue weighted by atomic mass is 9.95. The molecule has 2 heterocycles. The third-order valence-electron chi connectivity index (χ3n) is 3.97. The van der Waals surface area contributed by atoms with Crippen molar-refractivity contribution >= 4 is 35.6 Å². The van der Waals surface area contributed by atoms with Gasteiger partial charge in [-0.3, -0.25) is 9.59 Å². The summed E-state index contributed by atoms with van der Waals surface area (Å²) in [6.45, 7) is 3.85. The number of piperidine rings is 1. The Hall–Kier alpha value is -1.11. The van der Waals surface area contributed by atoms with Crippen LogP contribution in [0.5, 0.6) is 0 Å². The highest BCUT2D eigenvalue weighted by atomic mass is 35.5. The van der Waals surface area contributed by atoms with Gasteiger partial charge in [0.15, 0.2) is 0 Å².